The van der Waals surface area contributed by atoms with Crippen molar-refractivity contribution in [3.05, 3.63) is 29.3 Å². The molecule has 0 amide bonds. The molecule has 5 nitrogen and oxygen atoms in total. The van der Waals surface area contributed by atoms with Crippen LogP contribution in [0.3, 0.4) is 0 Å². The second-order valence-electron chi connectivity index (χ2n) is 5.27. The first-order valence-corrected chi connectivity index (χ1v) is 8.21. The van der Waals surface area contributed by atoms with E-state index in [0.29, 0.717) is 11.1 Å². The predicted octanol–water partition coefficient (Wildman–Crippen LogP) is 1.41. The van der Waals surface area contributed by atoms with Crippen molar-refractivity contribution in [1.29, 1.82) is 5.26 Å². The van der Waals surface area contributed by atoms with Gasteiger partial charge < -0.3 is 5.73 Å². The van der Waals surface area contributed by atoms with Crippen LogP contribution in [-0.4, -0.2) is 20.5 Å². The van der Waals surface area contributed by atoms with Crippen LogP contribution in [0.1, 0.15) is 36.8 Å². The van der Waals surface area contributed by atoms with Crippen molar-refractivity contribution in [1.82, 2.24) is 4.72 Å². The SMILES string of the molecule is Cc1cc(C#N)ccc1S(=O)(=O)NC1CCCCC1N. The fraction of sp³-hybridized carbons (Fsp3) is 0.500. The maximum Gasteiger partial charge on any atom is 0.241 e. The van der Waals surface area contributed by atoms with E-state index in [1.165, 1.54) is 12.1 Å². The van der Waals surface area contributed by atoms with Gasteiger partial charge in [0.05, 0.1) is 16.5 Å². The molecule has 0 bridgehead atoms. The van der Waals surface area contributed by atoms with Crippen molar-refractivity contribution in [2.24, 2.45) is 5.73 Å². The Morgan fingerprint density at radius 2 is 2.05 bits per heavy atom. The number of hydrogen-bond donors (Lipinski definition) is 2. The van der Waals surface area contributed by atoms with E-state index in [1.807, 2.05) is 6.07 Å². The van der Waals surface area contributed by atoms with E-state index in [4.69, 9.17) is 11.0 Å². The van der Waals surface area contributed by atoms with Gasteiger partial charge in [-0.2, -0.15) is 5.26 Å². The molecule has 0 aliphatic heterocycles. The summed E-state index contributed by atoms with van der Waals surface area (Å²) < 4.78 is 27.5. The lowest BCUT2D eigenvalue weighted by atomic mass is 9.92. The number of nitrogens with zero attached hydrogens (tertiary/aromatic N) is 1. The van der Waals surface area contributed by atoms with Crippen LogP contribution in [0.25, 0.3) is 0 Å². The minimum atomic E-state index is -3.59. The molecule has 1 aromatic carbocycles. The molecule has 0 saturated heterocycles. The van der Waals surface area contributed by atoms with E-state index in [0.717, 1.165) is 25.7 Å². The molecule has 0 heterocycles. The molecule has 3 N–H and O–H groups in total. The van der Waals surface area contributed by atoms with Crippen LogP contribution in [0.5, 0.6) is 0 Å². The molecule has 6 heteroatoms. The van der Waals surface area contributed by atoms with Gasteiger partial charge in [0.15, 0.2) is 0 Å². The van der Waals surface area contributed by atoms with Gasteiger partial charge in [-0.25, -0.2) is 13.1 Å². The van der Waals surface area contributed by atoms with Crippen LogP contribution < -0.4 is 10.5 Å². The third kappa shape index (κ3) is 3.18. The predicted molar refractivity (Wildman–Crippen MR) is 76.4 cm³/mol. The van der Waals surface area contributed by atoms with Crippen molar-refractivity contribution in [3.8, 4) is 6.07 Å². The molecule has 1 fully saturated rings. The van der Waals surface area contributed by atoms with Gasteiger partial charge in [0.25, 0.3) is 0 Å². The highest BCUT2D eigenvalue weighted by atomic mass is 32.2. The molecule has 20 heavy (non-hydrogen) atoms. The summed E-state index contributed by atoms with van der Waals surface area (Å²) in [4.78, 5) is 0.217. The minimum Gasteiger partial charge on any atom is -0.326 e. The molecular weight excluding hydrogens is 274 g/mol. The molecule has 0 aromatic heterocycles. The Kier molecular flexibility index (Phi) is 4.43. The third-order valence-corrected chi connectivity index (χ3v) is 5.37. The first-order chi connectivity index (χ1) is 9.44. The van der Waals surface area contributed by atoms with Crippen LogP contribution in [0.2, 0.25) is 0 Å². The Labute approximate surface area is 119 Å². The topological polar surface area (TPSA) is 96.0 Å². The highest BCUT2D eigenvalue weighted by molar-refractivity contribution is 7.89. The van der Waals surface area contributed by atoms with Gasteiger partial charge >= 0.3 is 0 Å². The average molecular weight is 293 g/mol. The summed E-state index contributed by atoms with van der Waals surface area (Å²) in [6, 6.07) is 6.24. The van der Waals surface area contributed by atoms with Crippen molar-refractivity contribution < 1.29 is 8.42 Å². The van der Waals surface area contributed by atoms with Crippen LogP contribution in [0.4, 0.5) is 0 Å². The molecule has 0 radical (unpaired) electrons. The van der Waals surface area contributed by atoms with Gasteiger partial charge in [-0.15, -0.1) is 0 Å². The largest absolute Gasteiger partial charge is 0.326 e. The quantitative estimate of drug-likeness (QED) is 0.880. The lowest BCUT2D eigenvalue weighted by Gasteiger charge is -2.29. The van der Waals surface area contributed by atoms with Crippen LogP contribution in [-0.2, 0) is 10.0 Å². The Morgan fingerprint density at radius 1 is 1.35 bits per heavy atom. The fourth-order valence-corrected chi connectivity index (χ4v) is 4.14. The number of nitrogens with two attached hydrogens (primary N) is 1. The number of nitriles is 1. The highest BCUT2D eigenvalue weighted by Crippen LogP contribution is 2.21. The van der Waals surface area contributed by atoms with Crippen molar-refractivity contribution in [2.45, 2.75) is 49.6 Å². The number of nitrogens with one attached hydrogen (secondary N) is 1. The number of benzene rings is 1. The zero-order valence-electron chi connectivity index (χ0n) is 11.5. The number of rotatable bonds is 3. The van der Waals surface area contributed by atoms with Crippen molar-refractivity contribution >= 4 is 10.0 Å². The van der Waals surface area contributed by atoms with E-state index < -0.39 is 10.0 Å². The third-order valence-electron chi connectivity index (χ3n) is 3.72. The Balaban J connectivity index is 2.24. The zero-order chi connectivity index (χ0) is 14.8. The summed E-state index contributed by atoms with van der Waals surface area (Å²) in [6.45, 7) is 1.69. The minimum absolute atomic E-state index is 0.128. The average Bonchev–Trinajstić information content (AvgIpc) is 2.40. The molecule has 1 aliphatic rings. The summed E-state index contributed by atoms with van der Waals surface area (Å²) in [7, 11) is -3.59. The summed E-state index contributed by atoms with van der Waals surface area (Å²) in [5.74, 6) is 0. The molecule has 108 valence electrons. The Morgan fingerprint density at radius 3 is 2.65 bits per heavy atom. The molecule has 2 rings (SSSR count). The Hall–Kier alpha value is -1.42. The first kappa shape index (κ1) is 15.0. The lowest BCUT2D eigenvalue weighted by Crippen LogP contribution is -2.49. The second kappa shape index (κ2) is 5.92. The van der Waals surface area contributed by atoms with Gasteiger partial charge in [0.1, 0.15) is 0 Å². The molecule has 2 unspecified atom stereocenters. The maximum absolute atomic E-state index is 12.4. The van der Waals surface area contributed by atoms with E-state index >= 15 is 0 Å². The zero-order valence-corrected chi connectivity index (χ0v) is 12.3. The van der Waals surface area contributed by atoms with Gasteiger partial charge in [-0.3, -0.25) is 0 Å². The molecule has 1 aliphatic carbocycles. The molecule has 0 spiro atoms. The number of aryl methyl sites for hydroxylation is 1. The molecule has 1 saturated carbocycles. The van der Waals surface area contributed by atoms with Crippen molar-refractivity contribution in [3.63, 3.8) is 0 Å². The first-order valence-electron chi connectivity index (χ1n) is 6.73. The smallest absolute Gasteiger partial charge is 0.241 e. The van der Waals surface area contributed by atoms with E-state index in [9.17, 15) is 8.42 Å². The standard InChI is InChI=1S/C14H19N3O2S/c1-10-8-11(9-15)6-7-14(10)20(18,19)17-13-5-3-2-4-12(13)16/h6-8,12-13,17H,2-5,16H2,1H3. The van der Waals surface area contributed by atoms with Gasteiger partial charge in [-0.1, -0.05) is 12.8 Å². The van der Waals surface area contributed by atoms with Gasteiger partial charge in [0, 0.05) is 12.1 Å². The van der Waals surface area contributed by atoms with Gasteiger partial charge in [0.2, 0.25) is 10.0 Å². The maximum atomic E-state index is 12.4. The molecular formula is C14H19N3O2S. The normalized spacial score (nSPS) is 23.2. The van der Waals surface area contributed by atoms with Crippen molar-refractivity contribution in [2.75, 3.05) is 0 Å². The molecule has 1 aromatic rings. The fourth-order valence-electron chi connectivity index (χ4n) is 2.59. The van der Waals surface area contributed by atoms with E-state index in [-0.39, 0.29) is 17.0 Å². The van der Waals surface area contributed by atoms with Gasteiger partial charge in [-0.05, 0) is 43.5 Å². The van der Waals surface area contributed by atoms with E-state index in [2.05, 4.69) is 4.72 Å². The van der Waals surface area contributed by atoms with Crippen LogP contribution in [0, 0.1) is 18.3 Å². The summed E-state index contributed by atoms with van der Waals surface area (Å²) >= 11 is 0. The van der Waals surface area contributed by atoms with Crippen LogP contribution >= 0.6 is 0 Å². The number of sulfonamides is 1. The summed E-state index contributed by atoms with van der Waals surface area (Å²) in [5, 5.41) is 8.82. The van der Waals surface area contributed by atoms with E-state index in [1.54, 1.807) is 13.0 Å². The Bertz CT molecular complexity index is 634. The summed E-state index contributed by atoms with van der Waals surface area (Å²) in [6.07, 6.45) is 3.66. The summed E-state index contributed by atoms with van der Waals surface area (Å²) in [5.41, 5.74) is 7.00. The monoisotopic (exact) mass is 293 g/mol. The highest BCUT2D eigenvalue weighted by Gasteiger charge is 2.27. The second-order valence-corrected chi connectivity index (χ2v) is 6.95. The number of hydrogen-bond acceptors (Lipinski definition) is 4. The lowest BCUT2D eigenvalue weighted by molar-refractivity contribution is 0.361. The molecule has 2 atom stereocenters. The van der Waals surface area contributed by atoms with Crippen LogP contribution in [0.15, 0.2) is 23.1 Å².